The SMILES string of the molecule is O=c1c2[nH]c3cc(Cl)ccc3oc=2c(=O)n1Cc1ccccc1. The Morgan fingerprint density at radius 1 is 1.04 bits per heavy atom. The zero-order valence-corrected chi connectivity index (χ0v) is 12.6. The van der Waals surface area contributed by atoms with E-state index in [9.17, 15) is 9.59 Å². The first-order valence-electron chi connectivity index (χ1n) is 7.02. The molecule has 0 amide bonds. The summed E-state index contributed by atoms with van der Waals surface area (Å²) in [5.74, 6) is 0. The van der Waals surface area contributed by atoms with Gasteiger partial charge in [-0.1, -0.05) is 41.9 Å². The van der Waals surface area contributed by atoms with E-state index < -0.39 is 11.1 Å². The number of benzene rings is 2. The van der Waals surface area contributed by atoms with Gasteiger partial charge in [0.15, 0.2) is 10.9 Å². The molecule has 5 nitrogen and oxygen atoms in total. The third-order valence-corrected chi connectivity index (χ3v) is 3.96. The van der Waals surface area contributed by atoms with Crippen molar-refractivity contribution < 1.29 is 4.42 Å². The van der Waals surface area contributed by atoms with E-state index in [2.05, 4.69) is 4.98 Å². The van der Waals surface area contributed by atoms with Gasteiger partial charge in [-0.2, -0.15) is 0 Å². The fourth-order valence-electron chi connectivity index (χ4n) is 2.60. The Kier molecular flexibility index (Phi) is 3.09. The predicted octanol–water partition coefficient (Wildman–Crippen LogP) is 2.71. The van der Waals surface area contributed by atoms with Crippen LogP contribution < -0.4 is 11.1 Å². The van der Waals surface area contributed by atoms with Gasteiger partial charge in [0, 0.05) is 5.02 Å². The molecule has 0 aromatic heterocycles. The Labute approximate surface area is 134 Å². The van der Waals surface area contributed by atoms with Crippen molar-refractivity contribution in [1.29, 1.82) is 0 Å². The number of nitrogens with one attached hydrogen (secondary N) is 1. The number of fused-ring (bicyclic) bond motifs is 1. The van der Waals surface area contributed by atoms with Crippen molar-refractivity contribution in [3.63, 3.8) is 0 Å². The minimum atomic E-state index is -0.443. The van der Waals surface area contributed by atoms with E-state index in [4.69, 9.17) is 16.0 Å². The summed E-state index contributed by atoms with van der Waals surface area (Å²) in [4.78, 5) is 28.0. The average molecular weight is 327 g/mol. The quantitative estimate of drug-likeness (QED) is 0.616. The minimum Gasteiger partial charge on any atom is -0.447 e. The third kappa shape index (κ3) is 2.26. The monoisotopic (exact) mass is 326 g/mol. The first kappa shape index (κ1) is 13.8. The van der Waals surface area contributed by atoms with Crippen molar-refractivity contribution in [2.24, 2.45) is 0 Å². The molecule has 2 heterocycles. The van der Waals surface area contributed by atoms with Gasteiger partial charge < -0.3 is 9.40 Å². The molecule has 0 fully saturated rings. The summed E-state index contributed by atoms with van der Waals surface area (Å²) < 4.78 is 6.78. The van der Waals surface area contributed by atoms with Gasteiger partial charge in [0.25, 0.3) is 11.1 Å². The molecule has 23 heavy (non-hydrogen) atoms. The Bertz CT molecular complexity index is 1190. The Balaban J connectivity index is 1.99. The molecule has 2 aliphatic rings. The standard InChI is InChI=1S/C17H11ClN2O3/c18-11-6-7-13-12(8-11)19-14-15(23-13)17(22)20(16(14)21)9-10-4-2-1-3-5-10/h1-8,19H,9H2. The number of nitrogens with zero attached hydrogens (tertiary/aromatic N) is 1. The van der Waals surface area contributed by atoms with Crippen LogP contribution in [0.25, 0.3) is 11.1 Å². The Morgan fingerprint density at radius 2 is 1.83 bits per heavy atom. The highest BCUT2D eigenvalue weighted by Gasteiger charge is 2.14. The molecule has 6 heteroatoms. The number of rotatable bonds is 2. The van der Waals surface area contributed by atoms with Gasteiger partial charge in [-0.3, -0.25) is 14.2 Å². The van der Waals surface area contributed by atoms with E-state index in [-0.39, 0.29) is 17.3 Å². The lowest BCUT2D eigenvalue weighted by molar-refractivity contribution is 0.552. The zero-order chi connectivity index (χ0) is 16.0. The van der Waals surface area contributed by atoms with E-state index in [1.807, 2.05) is 30.3 Å². The molecular formula is C17H11ClN2O3. The molecule has 2 aliphatic heterocycles. The van der Waals surface area contributed by atoms with Crippen LogP contribution in [-0.2, 0) is 6.54 Å². The highest BCUT2D eigenvalue weighted by Crippen LogP contribution is 2.17. The van der Waals surface area contributed by atoms with E-state index in [1.54, 1.807) is 18.2 Å². The number of hydrogen-bond acceptors (Lipinski definition) is 3. The lowest BCUT2D eigenvalue weighted by atomic mass is 10.2. The van der Waals surface area contributed by atoms with E-state index in [1.165, 1.54) is 4.57 Å². The first-order chi connectivity index (χ1) is 11.1. The van der Waals surface area contributed by atoms with Gasteiger partial charge in [-0.05, 0) is 23.8 Å². The number of H-pyrrole nitrogens is 1. The highest BCUT2D eigenvalue weighted by molar-refractivity contribution is 6.31. The number of aromatic amines is 1. The molecule has 0 spiro atoms. The van der Waals surface area contributed by atoms with Gasteiger partial charge in [-0.25, -0.2) is 0 Å². The Hall–Kier alpha value is -2.79. The van der Waals surface area contributed by atoms with E-state index >= 15 is 0 Å². The minimum absolute atomic E-state index is 0.0285. The Morgan fingerprint density at radius 3 is 2.61 bits per heavy atom. The molecule has 0 saturated heterocycles. The molecule has 1 N–H and O–H groups in total. The lowest BCUT2D eigenvalue weighted by Crippen LogP contribution is -2.27. The molecule has 4 rings (SSSR count). The second-order valence-corrected chi connectivity index (χ2v) is 5.69. The van der Waals surface area contributed by atoms with Crippen LogP contribution in [0.5, 0.6) is 0 Å². The number of halogens is 1. The summed E-state index contributed by atoms with van der Waals surface area (Å²) in [6, 6.07) is 14.3. The van der Waals surface area contributed by atoms with E-state index in [0.29, 0.717) is 16.1 Å². The zero-order valence-electron chi connectivity index (χ0n) is 11.9. The summed E-state index contributed by atoms with van der Waals surface area (Å²) in [7, 11) is 0. The topological polar surface area (TPSA) is 68.0 Å². The van der Waals surface area contributed by atoms with Crippen molar-refractivity contribution in [3.8, 4) is 0 Å². The molecule has 0 saturated carbocycles. The van der Waals surface area contributed by atoms with Crippen LogP contribution in [-0.4, -0.2) is 9.55 Å². The van der Waals surface area contributed by atoms with Crippen molar-refractivity contribution >= 4 is 22.7 Å². The van der Waals surface area contributed by atoms with Crippen molar-refractivity contribution in [1.82, 2.24) is 9.55 Å². The van der Waals surface area contributed by atoms with Crippen molar-refractivity contribution in [2.45, 2.75) is 6.54 Å². The second-order valence-electron chi connectivity index (χ2n) is 5.25. The summed E-state index contributed by atoms with van der Waals surface area (Å²) in [5, 5.41) is 0.669. The second kappa shape index (κ2) is 5.14. The van der Waals surface area contributed by atoms with Crippen LogP contribution in [0, 0.1) is 10.8 Å². The van der Waals surface area contributed by atoms with Crippen LogP contribution in [0.1, 0.15) is 5.56 Å². The molecule has 2 aromatic rings. The van der Waals surface area contributed by atoms with E-state index in [0.717, 1.165) is 5.56 Å². The van der Waals surface area contributed by atoms with Crippen LogP contribution in [0.4, 0.5) is 0 Å². The molecule has 0 bridgehead atoms. The number of hydrogen-bond donors (Lipinski definition) is 1. The number of aromatic nitrogens is 2. The van der Waals surface area contributed by atoms with Crippen LogP contribution in [0.2, 0.25) is 5.02 Å². The largest absolute Gasteiger partial charge is 0.447 e. The smallest absolute Gasteiger partial charge is 0.299 e. The third-order valence-electron chi connectivity index (χ3n) is 3.72. The lowest BCUT2D eigenvalue weighted by Gasteiger charge is -1.99. The summed E-state index contributed by atoms with van der Waals surface area (Å²) in [6.07, 6.45) is 0. The van der Waals surface area contributed by atoms with Gasteiger partial charge >= 0.3 is 0 Å². The van der Waals surface area contributed by atoms with Gasteiger partial charge in [0.2, 0.25) is 5.42 Å². The summed E-state index contributed by atoms with van der Waals surface area (Å²) in [5.41, 5.74) is 1.09. The molecule has 114 valence electrons. The average Bonchev–Trinajstić information content (AvgIpc) is 2.79. The summed E-state index contributed by atoms with van der Waals surface area (Å²) in [6.45, 7) is 0.202. The molecule has 0 unspecified atom stereocenters. The molecular weight excluding hydrogens is 316 g/mol. The van der Waals surface area contributed by atoms with Gasteiger partial charge in [0.1, 0.15) is 0 Å². The maximum atomic E-state index is 12.5. The van der Waals surface area contributed by atoms with Crippen LogP contribution in [0.3, 0.4) is 0 Å². The van der Waals surface area contributed by atoms with Crippen LogP contribution >= 0.6 is 11.6 Å². The molecule has 0 atom stereocenters. The predicted molar refractivity (Wildman–Crippen MR) is 86.9 cm³/mol. The molecule has 2 aromatic carbocycles. The fraction of sp³-hybridized carbons (Fsp3) is 0.0588. The first-order valence-corrected chi connectivity index (χ1v) is 7.40. The maximum absolute atomic E-state index is 12.5. The maximum Gasteiger partial charge on any atom is 0.299 e. The van der Waals surface area contributed by atoms with Gasteiger partial charge in [0.05, 0.1) is 12.1 Å². The fourth-order valence-corrected chi connectivity index (χ4v) is 2.77. The highest BCUT2D eigenvalue weighted by atomic mass is 35.5. The molecule has 0 radical (unpaired) electrons. The summed E-state index contributed by atoms with van der Waals surface area (Å²) >= 11 is 5.95. The van der Waals surface area contributed by atoms with Gasteiger partial charge in [-0.15, -0.1) is 0 Å². The molecule has 0 aliphatic carbocycles. The van der Waals surface area contributed by atoms with Crippen molar-refractivity contribution in [3.05, 3.63) is 90.6 Å². The van der Waals surface area contributed by atoms with Crippen LogP contribution in [0.15, 0.2) is 62.5 Å². The normalized spacial score (nSPS) is 11.3. The van der Waals surface area contributed by atoms with Crippen molar-refractivity contribution in [2.75, 3.05) is 0 Å².